The highest BCUT2D eigenvalue weighted by atomic mass is 127. The SMILES string of the molecule is CCNC(=NCc1cc(C)c(O)c(C)c1)NC1CCN(c2ccccc2OC)C1.I. The van der Waals surface area contributed by atoms with Gasteiger partial charge in [-0.2, -0.15) is 0 Å². The van der Waals surface area contributed by atoms with Gasteiger partial charge in [-0.3, -0.25) is 0 Å². The summed E-state index contributed by atoms with van der Waals surface area (Å²) in [6.07, 6.45) is 1.04. The number of aliphatic imine (C=N–C) groups is 1. The third-order valence-electron chi connectivity index (χ3n) is 5.27. The summed E-state index contributed by atoms with van der Waals surface area (Å²) in [5, 5.41) is 16.9. The molecule has 0 radical (unpaired) electrons. The maximum Gasteiger partial charge on any atom is 0.191 e. The molecule has 6 nitrogen and oxygen atoms in total. The van der Waals surface area contributed by atoms with Crippen molar-refractivity contribution in [3.8, 4) is 11.5 Å². The number of methoxy groups -OCH3 is 1. The molecule has 1 saturated heterocycles. The first kappa shape index (κ1) is 24.1. The lowest BCUT2D eigenvalue weighted by atomic mass is 10.1. The predicted molar refractivity (Wildman–Crippen MR) is 135 cm³/mol. The first-order chi connectivity index (χ1) is 14.0. The number of rotatable bonds is 6. The molecule has 3 N–H and O–H groups in total. The van der Waals surface area contributed by atoms with E-state index in [0.29, 0.717) is 18.3 Å². The Morgan fingerprint density at radius 3 is 2.60 bits per heavy atom. The number of anilines is 1. The van der Waals surface area contributed by atoms with E-state index in [2.05, 4.69) is 28.5 Å². The number of phenols is 1. The van der Waals surface area contributed by atoms with Crippen LogP contribution in [0.2, 0.25) is 0 Å². The molecular weight excluding hydrogens is 491 g/mol. The van der Waals surface area contributed by atoms with Crippen LogP contribution in [0, 0.1) is 13.8 Å². The summed E-state index contributed by atoms with van der Waals surface area (Å²) in [7, 11) is 1.72. The number of aromatic hydroxyl groups is 1. The van der Waals surface area contributed by atoms with Crippen LogP contribution in [-0.4, -0.2) is 43.9 Å². The number of aryl methyl sites for hydroxylation is 2. The number of hydrogen-bond acceptors (Lipinski definition) is 4. The number of halogens is 1. The van der Waals surface area contributed by atoms with Gasteiger partial charge in [-0.25, -0.2) is 4.99 Å². The van der Waals surface area contributed by atoms with Crippen molar-refractivity contribution in [2.45, 2.75) is 39.8 Å². The van der Waals surface area contributed by atoms with Crippen molar-refractivity contribution in [2.24, 2.45) is 4.99 Å². The first-order valence-electron chi connectivity index (χ1n) is 10.2. The number of nitrogens with one attached hydrogen (secondary N) is 2. The standard InChI is InChI=1S/C23H32N4O2.HI/c1-5-24-23(25-14-18-12-16(2)22(28)17(3)13-18)26-19-10-11-27(15-19)20-8-6-7-9-21(20)29-4;/h6-9,12-13,19,28H,5,10-11,14-15H2,1-4H3,(H2,24,25,26);1H. The van der Waals surface area contributed by atoms with Crippen LogP contribution in [-0.2, 0) is 6.54 Å². The molecular formula is C23H33IN4O2. The van der Waals surface area contributed by atoms with Crippen molar-refractivity contribution in [3.05, 3.63) is 53.1 Å². The van der Waals surface area contributed by atoms with Gasteiger partial charge in [0, 0.05) is 25.7 Å². The normalized spacial score (nSPS) is 16.2. The number of ether oxygens (including phenoxy) is 1. The molecule has 0 saturated carbocycles. The maximum absolute atomic E-state index is 9.96. The summed E-state index contributed by atoms with van der Waals surface area (Å²) in [6.45, 7) is 9.18. The Hall–Kier alpha value is -2.16. The number of nitrogens with zero attached hydrogens (tertiary/aromatic N) is 2. The van der Waals surface area contributed by atoms with Gasteiger partial charge < -0.3 is 25.4 Å². The largest absolute Gasteiger partial charge is 0.507 e. The minimum absolute atomic E-state index is 0. The van der Waals surface area contributed by atoms with Crippen molar-refractivity contribution >= 4 is 35.6 Å². The van der Waals surface area contributed by atoms with Crippen molar-refractivity contribution in [1.29, 1.82) is 0 Å². The number of para-hydroxylation sites is 2. The molecule has 1 atom stereocenters. The van der Waals surface area contributed by atoms with Gasteiger partial charge in [-0.05, 0) is 56.0 Å². The maximum atomic E-state index is 9.96. The van der Waals surface area contributed by atoms with Crippen LogP contribution in [0.5, 0.6) is 11.5 Å². The van der Waals surface area contributed by atoms with Gasteiger partial charge in [-0.1, -0.05) is 24.3 Å². The molecule has 1 fully saturated rings. The van der Waals surface area contributed by atoms with Gasteiger partial charge in [0.1, 0.15) is 11.5 Å². The molecule has 2 aromatic rings. The number of hydrogen-bond donors (Lipinski definition) is 3. The van der Waals surface area contributed by atoms with E-state index in [9.17, 15) is 5.11 Å². The van der Waals surface area contributed by atoms with Gasteiger partial charge >= 0.3 is 0 Å². The summed E-state index contributed by atoms with van der Waals surface area (Å²) in [4.78, 5) is 7.11. The topological polar surface area (TPSA) is 69.1 Å². The molecule has 1 unspecified atom stereocenters. The zero-order valence-electron chi connectivity index (χ0n) is 18.2. The lowest BCUT2D eigenvalue weighted by Crippen LogP contribution is -2.44. The quantitative estimate of drug-likeness (QED) is 0.303. The number of benzene rings is 2. The molecule has 7 heteroatoms. The fourth-order valence-electron chi connectivity index (χ4n) is 3.81. The first-order valence-corrected chi connectivity index (χ1v) is 10.2. The smallest absolute Gasteiger partial charge is 0.191 e. The van der Waals surface area contributed by atoms with Crippen molar-refractivity contribution in [3.63, 3.8) is 0 Å². The lowest BCUT2D eigenvalue weighted by molar-refractivity contribution is 0.415. The van der Waals surface area contributed by atoms with E-state index in [4.69, 9.17) is 9.73 Å². The minimum atomic E-state index is 0. The minimum Gasteiger partial charge on any atom is -0.507 e. The zero-order chi connectivity index (χ0) is 20.8. The Labute approximate surface area is 196 Å². The van der Waals surface area contributed by atoms with E-state index >= 15 is 0 Å². The Morgan fingerprint density at radius 1 is 1.23 bits per heavy atom. The van der Waals surface area contributed by atoms with Gasteiger partial charge in [0.15, 0.2) is 5.96 Å². The van der Waals surface area contributed by atoms with Crippen LogP contribution in [0.3, 0.4) is 0 Å². The average Bonchev–Trinajstić information content (AvgIpc) is 3.18. The van der Waals surface area contributed by atoms with E-state index in [1.165, 1.54) is 0 Å². The van der Waals surface area contributed by atoms with E-state index < -0.39 is 0 Å². The summed E-state index contributed by atoms with van der Waals surface area (Å²) >= 11 is 0. The Balaban J connectivity index is 0.00000320. The lowest BCUT2D eigenvalue weighted by Gasteiger charge is -2.22. The van der Waals surface area contributed by atoms with Crippen LogP contribution in [0.4, 0.5) is 5.69 Å². The molecule has 30 heavy (non-hydrogen) atoms. The zero-order valence-corrected chi connectivity index (χ0v) is 20.6. The van der Waals surface area contributed by atoms with Gasteiger partial charge in [0.05, 0.1) is 19.3 Å². The Kier molecular flexibility index (Phi) is 9.08. The monoisotopic (exact) mass is 524 g/mol. The van der Waals surface area contributed by atoms with Crippen molar-refractivity contribution < 1.29 is 9.84 Å². The molecule has 0 spiro atoms. The van der Waals surface area contributed by atoms with Crippen LogP contribution in [0.1, 0.15) is 30.0 Å². The second kappa shape index (κ2) is 11.3. The van der Waals surface area contributed by atoms with Gasteiger partial charge in [0.25, 0.3) is 0 Å². The van der Waals surface area contributed by atoms with Crippen molar-refractivity contribution in [2.75, 3.05) is 31.6 Å². The highest BCUT2D eigenvalue weighted by molar-refractivity contribution is 14.0. The van der Waals surface area contributed by atoms with Crippen LogP contribution >= 0.6 is 24.0 Å². The second-order valence-corrected chi connectivity index (χ2v) is 7.52. The van der Waals surface area contributed by atoms with E-state index in [1.54, 1.807) is 7.11 Å². The highest BCUT2D eigenvalue weighted by Crippen LogP contribution is 2.30. The summed E-state index contributed by atoms with van der Waals surface area (Å²) in [5.41, 5.74) is 4.00. The fraction of sp³-hybridized carbons (Fsp3) is 0.435. The van der Waals surface area contributed by atoms with Crippen molar-refractivity contribution in [1.82, 2.24) is 10.6 Å². The Bertz CT molecular complexity index is 849. The molecule has 0 aromatic heterocycles. The molecule has 0 amide bonds. The third-order valence-corrected chi connectivity index (χ3v) is 5.27. The summed E-state index contributed by atoms with van der Waals surface area (Å²) in [5.74, 6) is 2.10. The molecule has 1 aliphatic heterocycles. The summed E-state index contributed by atoms with van der Waals surface area (Å²) in [6, 6.07) is 12.5. The van der Waals surface area contributed by atoms with Crippen LogP contribution in [0.25, 0.3) is 0 Å². The summed E-state index contributed by atoms with van der Waals surface area (Å²) < 4.78 is 5.51. The molecule has 1 aliphatic rings. The molecule has 3 rings (SSSR count). The van der Waals surface area contributed by atoms with Gasteiger partial charge in [-0.15, -0.1) is 24.0 Å². The molecule has 2 aromatic carbocycles. The predicted octanol–water partition coefficient (Wildman–Crippen LogP) is 3.97. The van der Waals surface area contributed by atoms with Gasteiger partial charge in [0.2, 0.25) is 0 Å². The number of phenolic OH excluding ortho intramolecular Hbond substituents is 1. The fourth-order valence-corrected chi connectivity index (χ4v) is 3.81. The van der Waals surface area contributed by atoms with E-state index in [0.717, 1.165) is 60.1 Å². The molecule has 0 bridgehead atoms. The van der Waals surface area contributed by atoms with Crippen LogP contribution < -0.4 is 20.3 Å². The molecule has 1 heterocycles. The highest BCUT2D eigenvalue weighted by Gasteiger charge is 2.25. The Morgan fingerprint density at radius 2 is 1.93 bits per heavy atom. The van der Waals surface area contributed by atoms with E-state index in [-0.39, 0.29) is 24.0 Å². The van der Waals surface area contributed by atoms with Crippen LogP contribution in [0.15, 0.2) is 41.4 Å². The average molecular weight is 524 g/mol. The molecule has 164 valence electrons. The second-order valence-electron chi connectivity index (χ2n) is 7.52. The third kappa shape index (κ3) is 5.93. The number of guanidine groups is 1. The molecule has 0 aliphatic carbocycles. The van der Waals surface area contributed by atoms with E-state index in [1.807, 2.05) is 44.2 Å².